The molecule has 1 aliphatic rings. The Labute approximate surface area is 140 Å². The van der Waals surface area contributed by atoms with E-state index in [2.05, 4.69) is 10.6 Å². The average Bonchev–Trinajstić information content (AvgIpc) is 2.97. The van der Waals surface area contributed by atoms with Crippen molar-refractivity contribution < 1.29 is 4.79 Å². The highest BCUT2D eigenvalue weighted by Crippen LogP contribution is 2.37. The zero-order chi connectivity index (χ0) is 16.4. The summed E-state index contributed by atoms with van der Waals surface area (Å²) < 4.78 is 0. The van der Waals surface area contributed by atoms with Crippen LogP contribution in [0.1, 0.15) is 11.1 Å². The van der Waals surface area contributed by atoms with Crippen LogP contribution in [0.3, 0.4) is 0 Å². The first-order valence-electron chi connectivity index (χ1n) is 7.85. The minimum absolute atomic E-state index is 0.0847. The number of anilines is 2. The van der Waals surface area contributed by atoms with Gasteiger partial charge in [-0.1, -0.05) is 66.7 Å². The first-order valence-corrected chi connectivity index (χ1v) is 7.85. The van der Waals surface area contributed by atoms with Gasteiger partial charge in [-0.2, -0.15) is 0 Å². The highest BCUT2D eigenvalue weighted by Gasteiger charge is 2.27. The number of hydrogen-bond donors (Lipinski definition) is 2. The van der Waals surface area contributed by atoms with Gasteiger partial charge in [-0.05, 0) is 23.8 Å². The third-order valence-electron chi connectivity index (χ3n) is 4.03. The van der Waals surface area contributed by atoms with Crippen molar-refractivity contribution in [2.45, 2.75) is 0 Å². The maximum absolute atomic E-state index is 12.6. The summed E-state index contributed by atoms with van der Waals surface area (Å²) in [5.74, 6) is -0.0847. The van der Waals surface area contributed by atoms with Crippen LogP contribution < -0.4 is 10.6 Å². The number of benzene rings is 3. The predicted octanol–water partition coefficient (Wildman–Crippen LogP) is 4.62. The number of carbonyl (C=O) groups is 1. The molecule has 1 aliphatic heterocycles. The van der Waals surface area contributed by atoms with E-state index in [9.17, 15) is 4.79 Å². The zero-order valence-corrected chi connectivity index (χ0v) is 13.0. The molecule has 3 aromatic rings. The minimum Gasteiger partial charge on any atom is -0.354 e. The third-order valence-corrected chi connectivity index (χ3v) is 4.03. The Bertz CT molecular complexity index is 915. The molecule has 0 bridgehead atoms. The van der Waals surface area contributed by atoms with Crippen LogP contribution in [0.4, 0.5) is 11.4 Å². The first-order chi connectivity index (χ1) is 11.8. The molecule has 24 heavy (non-hydrogen) atoms. The molecule has 0 saturated heterocycles. The van der Waals surface area contributed by atoms with Crippen LogP contribution in [-0.2, 0) is 4.79 Å². The molecule has 1 amide bonds. The molecule has 0 aliphatic carbocycles. The maximum atomic E-state index is 12.6. The van der Waals surface area contributed by atoms with Crippen molar-refractivity contribution in [1.29, 1.82) is 0 Å². The van der Waals surface area contributed by atoms with Gasteiger partial charge in [-0.25, -0.2) is 0 Å². The number of amides is 1. The summed E-state index contributed by atoms with van der Waals surface area (Å²) in [6.07, 6.45) is 0. The molecule has 2 N–H and O–H groups in total. The van der Waals surface area contributed by atoms with Gasteiger partial charge in [0.15, 0.2) is 0 Å². The van der Waals surface area contributed by atoms with Crippen LogP contribution in [0.15, 0.2) is 84.9 Å². The van der Waals surface area contributed by atoms with E-state index >= 15 is 0 Å². The van der Waals surface area contributed by atoms with Crippen LogP contribution in [0.25, 0.3) is 11.3 Å². The molecular formula is C21H16N2O. The number of rotatable bonds is 3. The molecule has 3 heteroatoms. The van der Waals surface area contributed by atoms with E-state index in [1.54, 1.807) is 0 Å². The molecule has 0 atom stereocenters. The van der Waals surface area contributed by atoms with Crippen molar-refractivity contribution >= 4 is 28.6 Å². The fourth-order valence-electron chi connectivity index (χ4n) is 2.92. The van der Waals surface area contributed by atoms with Crippen LogP contribution >= 0.6 is 0 Å². The quantitative estimate of drug-likeness (QED) is 0.693. The van der Waals surface area contributed by atoms with E-state index in [1.165, 1.54) is 0 Å². The standard InChI is InChI=1S/C21H16N2O/c24-21-19(17-13-7-8-14-18(17)23-21)20(15-9-3-1-4-10-15)22-16-11-5-2-6-12-16/h1-14,22H,(H,23,24)/b20-19-. The minimum atomic E-state index is -0.0847. The van der Waals surface area contributed by atoms with Crippen molar-refractivity contribution in [3.63, 3.8) is 0 Å². The summed E-state index contributed by atoms with van der Waals surface area (Å²) in [5.41, 5.74) is 5.17. The Balaban J connectivity index is 1.91. The molecule has 3 nitrogen and oxygen atoms in total. The zero-order valence-electron chi connectivity index (χ0n) is 13.0. The maximum Gasteiger partial charge on any atom is 0.258 e. The summed E-state index contributed by atoms with van der Waals surface area (Å²) in [7, 11) is 0. The first kappa shape index (κ1) is 14.3. The predicted molar refractivity (Wildman–Crippen MR) is 98.4 cm³/mol. The Morgan fingerprint density at radius 3 is 2.12 bits per heavy atom. The number of fused-ring (bicyclic) bond motifs is 1. The molecule has 1 heterocycles. The van der Waals surface area contributed by atoms with Crippen molar-refractivity contribution in [3.8, 4) is 0 Å². The Kier molecular flexibility index (Phi) is 3.60. The lowest BCUT2D eigenvalue weighted by atomic mass is 10.00. The molecule has 0 unspecified atom stereocenters. The van der Waals surface area contributed by atoms with Crippen LogP contribution in [0, 0.1) is 0 Å². The molecule has 3 aromatic carbocycles. The largest absolute Gasteiger partial charge is 0.354 e. The average molecular weight is 312 g/mol. The number of para-hydroxylation sites is 2. The van der Waals surface area contributed by atoms with Crippen LogP contribution in [0.5, 0.6) is 0 Å². The van der Waals surface area contributed by atoms with Crippen LogP contribution in [-0.4, -0.2) is 5.91 Å². The second-order valence-electron chi connectivity index (χ2n) is 5.61. The monoisotopic (exact) mass is 312 g/mol. The van der Waals surface area contributed by atoms with Crippen molar-refractivity contribution in [3.05, 3.63) is 96.1 Å². The molecule has 0 fully saturated rings. The van der Waals surface area contributed by atoms with Crippen LogP contribution in [0.2, 0.25) is 0 Å². The van der Waals surface area contributed by atoms with E-state index in [-0.39, 0.29) is 5.91 Å². The molecule has 0 spiro atoms. The van der Waals surface area contributed by atoms with Gasteiger partial charge in [0.05, 0.1) is 11.3 Å². The smallest absolute Gasteiger partial charge is 0.258 e. The van der Waals surface area contributed by atoms with E-state index < -0.39 is 0 Å². The van der Waals surface area contributed by atoms with E-state index in [4.69, 9.17) is 0 Å². The Morgan fingerprint density at radius 1 is 0.750 bits per heavy atom. The normalized spacial score (nSPS) is 14.8. The van der Waals surface area contributed by atoms with Crippen molar-refractivity contribution in [2.75, 3.05) is 10.6 Å². The second-order valence-corrected chi connectivity index (χ2v) is 5.61. The van der Waals surface area contributed by atoms with Gasteiger partial charge in [0.1, 0.15) is 0 Å². The van der Waals surface area contributed by atoms with E-state index in [1.807, 2.05) is 84.9 Å². The summed E-state index contributed by atoms with van der Waals surface area (Å²) in [6.45, 7) is 0. The lowest BCUT2D eigenvalue weighted by Crippen LogP contribution is -2.10. The van der Waals surface area contributed by atoms with Gasteiger partial charge in [0, 0.05) is 16.9 Å². The number of nitrogens with one attached hydrogen (secondary N) is 2. The van der Waals surface area contributed by atoms with Gasteiger partial charge < -0.3 is 10.6 Å². The Hall–Kier alpha value is -3.33. The fourth-order valence-corrected chi connectivity index (χ4v) is 2.92. The summed E-state index contributed by atoms with van der Waals surface area (Å²) in [4.78, 5) is 12.6. The third kappa shape index (κ3) is 2.57. The van der Waals surface area contributed by atoms with Crippen molar-refractivity contribution in [1.82, 2.24) is 0 Å². The van der Waals surface area contributed by atoms with Gasteiger partial charge >= 0.3 is 0 Å². The number of carbonyl (C=O) groups excluding carboxylic acids is 1. The SMILES string of the molecule is O=C1Nc2ccccc2/C1=C(/Nc1ccccc1)c1ccccc1. The molecule has 0 radical (unpaired) electrons. The van der Waals surface area contributed by atoms with E-state index in [0.717, 1.165) is 28.2 Å². The number of hydrogen-bond acceptors (Lipinski definition) is 2. The van der Waals surface area contributed by atoms with Gasteiger partial charge in [0.25, 0.3) is 5.91 Å². The lowest BCUT2D eigenvalue weighted by Gasteiger charge is -2.14. The molecule has 4 rings (SSSR count). The van der Waals surface area contributed by atoms with Gasteiger partial charge in [-0.15, -0.1) is 0 Å². The van der Waals surface area contributed by atoms with Gasteiger partial charge in [0.2, 0.25) is 0 Å². The van der Waals surface area contributed by atoms with Crippen molar-refractivity contribution in [2.24, 2.45) is 0 Å². The molecular weight excluding hydrogens is 296 g/mol. The molecule has 0 aromatic heterocycles. The highest BCUT2D eigenvalue weighted by molar-refractivity contribution is 6.37. The molecule has 116 valence electrons. The second kappa shape index (κ2) is 6.05. The highest BCUT2D eigenvalue weighted by atomic mass is 16.2. The lowest BCUT2D eigenvalue weighted by molar-refractivity contribution is -0.110. The fraction of sp³-hybridized carbons (Fsp3) is 0. The summed E-state index contributed by atoms with van der Waals surface area (Å²) >= 11 is 0. The Morgan fingerprint density at radius 2 is 1.38 bits per heavy atom. The van der Waals surface area contributed by atoms with Gasteiger partial charge in [-0.3, -0.25) is 4.79 Å². The summed E-state index contributed by atoms with van der Waals surface area (Å²) in [5, 5.41) is 6.37. The van der Waals surface area contributed by atoms with E-state index in [0.29, 0.717) is 5.57 Å². The summed E-state index contributed by atoms with van der Waals surface area (Å²) in [6, 6.07) is 27.6. The topological polar surface area (TPSA) is 41.1 Å². The molecule has 0 saturated carbocycles.